The number of allylic oxidation sites excluding steroid dienone is 3. The number of thioether (sulfide) groups is 3. The topological polar surface area (TPSA) is 108 Å². The summed E-state index contributed by atoms with van der Waals surface area (Å²) in [5.41, 5.74) is 6.74. The molecule has 1 heterocycles. The first-order valence-electron chi connectivity index (χ1n) is 25.6. The monoisotopic (exact) mass is 1170 g/mol. The number of benzene rings is 7. The fourth-order valence-corrected chi connectivity index (χ4v) is 11.0. The highest BCUT2D eigenvalue weighted by atomic mass is 127. The van der Waals surface area contributed by atoms with E-state index in [2.05, 4.69) is 120 Å². The van der Waals surface area contributed by atoms with Crippen LogP contribution in [0.15, 0.2) is 208 Å². The Kier molecular flexibility index (Phi) is 24.2. The lowest BCUT2D eigenvalue weighted by atomic mass is 10.0. The van der Waals surface area contributed by atoms with Crippen molar-refractivity contribution in [3.05, 3.63) is 205 Å². The third kappa shape index (κ3) is 19.5. The van der Waals surface area contributed by atoms with Crippen LogP contribution in [0, 0.1) is 22.7 Å². The Morgan fingerprint density at radius 3 is 1.09 bits per heavy atom. The van der Waals surface area contributed by atoms with Crippen LogP contribution in [-0.2, 0) is 0 Å². The van der Waals surface area contributed by atoms with E-state index in [0.29, 0.717) is 44.2 Å². The molecule has 8 rings (SSSR count). The van der Waals surface area contributed by atoms with Gasteiger partial charge in [0.15, 0.2) is 0 Å². The van der Waals surface area contributed by atoms with Gasteiger partial charge < -0.3 is 47.7 Å². The molecule has 1 radical (unpaired) electrons. The largest absolute Gasteiger partial charge is 1.00 e. The average Bonchev–Trinajstić information content (AvgIpc) is 3.47. The Balaban J connectivity index is 0.00000840. The van der Waals surface area contributed by atoms with Crippen LogP contribution in [-0.4, -0.2) is 49.6 Å². The minimum absolute atomic E-state index is 0. The number of aliphatic imine (C=N–C) groups is 1. The Bertz CT molecular complexity index is 2830. The number of rotatable bonds is 30. The summed E-state index contributed by atoms with van der Waals surface area (Å²) >= 11 is 5.34. The second kappa shape index (κ2) is 32.1. The minimum Gasteiger partial charge on any atom is -1.00 e. The first-order valence-corrected chi connectivity index (χ1v) is 28.3. The smallest absolute Gasteiger partial charge is 0.264 e. The quantitative estimate of drug-likeness (QED) is 0.0187. The molecule has 7 aromatic carbocycles. The summed E-state index contributed by atoms with van der Waals surface area (Å²) in [5, 5.41) is 18.1. The van der Waals surface area contributed by atoms with Gasteiger partial charge >= 0.3 is 0 Å². The molecule has 0 unspecified atom stereocenters. The number of nitriles is 2. The van der Waals surface area contributed by atoms with Crippen LogP contribution in [0.1, 0.15) is 62.5 Å². The van der Waals surface area contributed by atoms with Crippen molar-refractivity contribution in [2.75, 3.05) is 38.8 Å². The van der Waals surface area contributed by atoms with Crippen LogP contribution in [0.2, 0.25) is 0 Å². The van der Waals surface area contributed by atoms with Gasteiger partial charge in [0.1, 0.15) is 35.4 Å². The van der Waals surface area contributed by atoms with E-state index in [-0.39, 0.29) is 28.6 Å². The predicted molar refractivity (Wildman–Crippen MR) is 309 cm³/mol. The van der Waals surface area contributed by atoms with Crippen LogP contribution in [0.5, 0.6) is 28.7 Å². The summed E-state index contributed by atoms with van der Waals surface area (Å²) in [6, 6.07) is 61.0. The summed E-state index contributed by atoms with van der Waals surface area (Å²) in [6.07, 6.45) is 16.1. The Morgan fingerprint density at radius 1 is 0.395 bits per heavy atom. The van der Waals surface area contributed by atoms with Gasteiger partial charge in [-0.1, -0.05) is 48.5 Å². The number of hydrogen-bond acceptors (Lipinski definition) is 11. The van der Waals surface area contributed by atoms with E-state index in [1.807, 2.05) is 91.2 Å². The Morgan fingerprint density at radius 2 is 0.737 bits per heavy atom. The van der Waals surface area contributed by atoms with Crippen LogP contribution in [0.4, 0.5) is 0 Å². The van der Waals surface area contributed by atoms with E-state index in [1.54, 1.807) is 35.3 Å². The standard InChI is InChI=1S/C64H61N3O5S3.HI/c65-45-49-12-16-51(17-13-49)53-20-24-56(25-21-53)68-41-7-1-3-9-43-70-58-30-36-62(37-31-58)74-64(47-72-60-28-34-61(35-29-60)73-48-55-11-5-6-40-67-55)75-63-38-32-59(33-39-63)71-44-10-4-2-8-42-69-57-26-22-54(23-27-57)52-18-14-50(46-66)15-19-52;/h5-6,11-40,64H,1-4,7-10,41-44,47-48H2;1H/q+1;/p-1. The molecule has 0 aromatic heterocycles. The predicted octanol–water partition coefficient (Wildman–Crippen LogP) is 13.0. The number of halogens is 1. The molecule has 7 aromatic rings. The summed E-state index contributed by atoms with van der Waals surface area (Å²) in [5.74, 6) is 5.14. The van der Waals surface area contributed by atoms with Crippen LogP contribution in [0.25, 0.3) is 22.3 Å². The lowest BCUT2D eigenvalue weighted by Crippen LogP contribution is -3.00. The molecule has 0 bridgehead atoms. The van der Waals surface area contributed by atoms with Crippen LogP contribution < -0.4 is 52.7 Å². The molecule has 1 aliphatic heterocycles. The van der Waals surface area contributed by atoms with Crippen molar-refractivity contribution in [1.29, 1.82) is 10.5 Å². The third-order valence-corrected chi connectivity index (χ3v) is 15.6. The fraction of sp³-hybridized carbons (Fsp3) is 0.234. The zero-order chi connectivity index (χ0) is 51.5. The highest BCUT2D eigenvalue weighted by Crippen LogP contribution is 2.38. The van der Waals surface area contributed by atoms with Crippen LogP contribution in [0.3, 0.4) is 0 Å². The highest BCUT2D eigenvalue weighted by Gasteiger charge is 2.16. The van der Waals surface area contributed by atoms with Crippen LogP contribution >= 0.6 is 35.3 Å². The first kappa shape index (κ1) is 57.2. The van der Waals surface area contributed by atoms with Gasteiger partial charge in [0, 0.05) is 26.8 Å². The summed E-state index contributed by atoms with van der Waals surface area (Å²) in [7, 11) is 0. The van der Waals surface area contributed by atoms with E-state index in [0.717, 1.165) is 124 Å². The zero-order valence-electron chi connectivity index (χ0n) is 42.4. The molecule has 76 heavy (non-hydrogen) atoms. The van der Waals surface area contributed by atoms with Gasteiger partial charge in [-0.05, 0) is 201 Å². The van der Waals surface area contributed by atoms with Crippen molar-refractivity contribution in [3.8, 4) is 63.1 Å². The molecule has 8 nitrogen and oxygen atoms in total. The normalized spacial score (nSPS) is 11.5. The van der Waals surface area contributed by atoms with Gasteiger partial charge in [-0.15, -0.1) is 35.3 Å². The number of ether oxygens (including phenoxy) is 5. The Hall–Kier alpha value is -6.55. The summed E-state index contributed by atoms with van der Waals surface area (Å²) in [6.45, 7) is 3.22. The maximum atomic E-state index is 9.06. The van der Waals surface area contributed by atoms with E-state index in [9.17, 15) is 0 Å². The molecular formula is C64H61IN3O5S3. The molecule has 0 saturated carbocycles. The maximum absolute atomic E-state index is 9.06. The van der Waals surface area contributed by atoms with E-state index >= 15 is 0 Å². The van der Waals surface area contributed by atoms with Gasteiger partial charge in [-0.25, -0.2) is 0 Å². The molecule has 0 saturated heterocycles. The summed E-state index contributed by atoms with van der Waals surface area (Å²) in [4.78, 5) is 7.92. The second-order valence-electron chi connectivity index (χ2n) is 17.6. The van der Waals surface area contributed by atoms with Gasteiger partial charge in [0.25, 0.3) is 5.70 Å². The Labute approximate surface area is 478 Å². The van der Waals surface area contributed by atoms with E-state index in [1.165, 1.54) is 4.90 Å². The fourth-order valence-electron chi connectivity index (χ4n) is 7.90. The molecule has 0 spiro atoms. The number of hydrogen-bond donors (Lipinski definition) is 0. The summed E-state index contributed by atoms with van der Waals surface area (Å²) < 4.78 is 30.8. The molecule has 12 heteroatoms. The van der Waals surface area contributed by atoms with Crippen molar-refractivity contribution >= 4 is 41.5 Å². The van der Waals surface area contributed by atoms with Crippen molar-refractivity contribution < 1.29 is 47.7 Å². The first-order chi connectivity index (χ1) is 37.0. The number of nitrogens with zero attached hydrogens (tertiary/aromatic N) is 3. The number of unbranched alkanes of at least 4 members (excludes halogenated alkanes) is 6. The third-order valence-electron chi connectivity index (χ3n) is 12.1. The molecule has 0 aliphatic carbocycles. The highest BCUT2D eigenvalue weighted by molar-refractivity contribution is 8.17. The maximum Gasteiger partial charge on any atom is 0.264 e. The molecule has 0 amide bonds. The minimum atomic E-state index is 0. The van der Waals surface area contributed by atoms with Crippen molar-refractivity contribution in [1.82, 2.24) is 4.99 Å². The van der Waals surface area contributed by atoms with Crippen molar-refractivity contribution in [2.45, 2.75) is 70.6 Å². The molecule has 0 fully saturated rings. The van der Waals surface area contributed by atoms with Crippen molar-refractivity contribution in [3.63, 3.8) is 0 Å². The van der Waals surface area contributed by atoms with E-state index in [4.69, 9.17) is 34.2 Å². The van der Waals surface area contributed by atoms with E-state index < -0.39 is 0 Å². The average molecular weight is 1180 g/mol. The SMILES string of the molecule is N#Cc1ccc(-c2ccc(OCCCCCCOc3ccc(SC(COc4ccc(SCC5=CC=CC=[N+]5)cc4)Sc4ccc(OCCCCCCOc5ccc(-c6ccc(C#N)cc6)cc5)cc4)cc3)cc2)cc1.[I-]. The second-order valence-corrected chi connectivity index (χ2v) is 21.5. The lowest BCUT2D eigenvalue weighted by Gasteiger charge is -2.18. The van der Waals surface area contributed by atoms with Gasteiger partial charge in [-0.3, -0.25) is 0 Å². The zero-order valence-corrected chi connectivity index (χ0v) is 47.0. The molecule has 0 atom stereocenters. The molecule has 387 valence electrons. The molecular weight excluding hydrogens is 1110 g/mol. The van der Waals surface area contributed by atoms with Gasteiger partial charge in [-0.2, -0.15) is 10.5 Å². The molecule has 0 N–H and O–H groups in total. The lowest BCUT2D eigenvalue weighted by molar-refractivity contribution is -0.0000174. The van der Waals surface area contributed by atoms with Crippen molar-refractivity contribution in [2.24, 2.45) is 0 Å². The van der Waals surface area contributed by atoms with Gasteiger partial charge in [0.2, 0.25) is 6.21 Å². The van der Waals surface area contributed by atoms with Gasteiger partial charge in [0.05, 0.1) is 65.0 Å². The molecule has 1 aliphatic rings.